The fraction of sp³-hybridized carbons (Fsp3) is 0.278. The molecule has 8 heteroatoms. The maximum absolute atomic E-state index is 12.4. The number of halogens is 1. The normalized spacial score (nSPS) is 14.2. The van der Waals surface area contributed by atoms with E-state index in [0.717, 1.165) is 5.56 Å². The maximum atomic E-state index is 12.4. The van der Waals surface area contributed by atoms with Gasteiger partial charge in [-0.05, 0) is 36.8 Å². The summed E-state index contributed by atoms with van der Waals surface area (Å²) in [6.07, 6.45) is 0. The van der Waals surface area contributed by atoms with Gasteiger partial charge >= 0.3 is 12.0 Å². The minimum atomic E-state index is -1.05. The topological polar surface area (TPSA) is 85.8 Å². The van der Waals surface area contributed by atoms with Crippen LogP contribution in [0.4, 0.5) is 16.3 Å². The van der Waals surface area contributed by atoms with Gasteiger partial charge in [0.15, 0.2) is 5.69 Å². The zero-order valence-corrected chi connectivity index (χ0v) is 15.0. The number of carboxylic acid groups (broad SMARTS) is 1. The molecule has 26 heavy (non-hydrogen) atoms. The zero-order valence-electron chi connectivity index (χ0n) is 14.3. The first kappa shape index (κ1) is 18.0. The summed E-state index contributed by atoms with van der Waals surface area (Å²) in [4.78, 5) is 31.3. The van der Waals surface area contributed by atoms with Crippen LogP contribution in [0.2, 0.25) is 5.02 Å². The number of carbonyl (C=O) groups is 2. The van der Waals surface area contributed by atoms with E-state index in [0.29, 0.717) is 42.7 Å². The van der Waals surface area contributed by atoms with Crippen LogP contribution in [-0.2, 0) is 0 Å². The van der Waals surface area contributed by atoms with Gasteiger partial charge in [0.25, 0.3) is 0 Å². The number of piperazine rings is 1. The van der Waals surface area contributed by atoms with E-state index in [2.05, 4.69) is 10.3 Å². The van der Waals surface area contributed by atoms with E-state index in [1.54, 1.807) is 23.1 Å². The highest BCUT2D eigenvalue weighted by atomic mass is 35.5. The van der Waals surface area contributed by atoms with Gasteiger partial charge in [-0.2, -0.15) is 0 Å². The summed E-state index contributed by atoms with van der Waals surface area (Å²) in [5, 5.41) is 12.5. The Hall–Kier alpha value is -2.80. The highest BCUT2D eigenvalue weighted by Gasteiger charge is 2.22. The predicted octanol–water partition coefficient (Wildman–Crippen LogP) is 3.10. The highest BCUT2D eigenvalue weighted by Crippen LogP contribution is 2.21. The van der Waals surface area contributed by atoms with Crippen molar-refractivity contribution < 1.29 is 14.7 Å². The molecular formula is C18H19ClN4O3. The largest absolute Gasteiger partial charge is 0.477 e. The molecule has 0 unspecified atom stereocenters. The van der Waals surface area contributed by atoms with E-state index in [4.69, 9.17) is 16.7 Å². The van der Waals surface area contributed by atoms with Crippen LogP contribution in [0.5, 0.6) is 0 Å². The molecule has 1 aromatic heterocycles. The molecule has 2 aromatic rings. The van der Waals surface area contributed by atoms with Gasteiger partial charge in [-0.25, -0.2) is 14.6 Å². The summed E-state index contributed by atoms with van der Waals surface area (Å²) in [5.74, 6) is -0.447. The van der Waals surface area contributed by atoms with Crippen molar-refractivity contribution in [3.63, 3.8) is 0 Å². The average molecular weight is 375 g/mol. The molecule has 1 aliphatic heterocycles. The Kier molecular flexibility index (Phi) is 5.27. The first-order chi connectivity index (χ1) is 12.4. The minimum Gasteiger partial charge on any atom is -0.477 e. The number of carboxylic acids is 1. The molecule has 7 nitrogen and oxygen atoms in total. The molecule has 0 aliphatic carbocycles. The Bertz CT molecular complexity index is 835. The van der Waals surface area contributed by atoms with E-state index in [-0.39, 0.29) is 11.7 Å². The standard InChI is InChI=1S/C18H19ClN4O3/c1-12-5-6-13(11-14(12)19)20-18(26)23-9-7-22(8-10-23)16-4-2-3-15(21-16)17(24)25/h2-6,11H,7-10H2,1H3,(H,20,26)(H,24,25). The van der Waals surface area contributed by atoms with Crippen molar-refractivity contribution in [3.05, 3.63) is 52.7 Å². The van der Waals surface area contributed by atoms with E-state index >= 15 is 0 Å². The summed E-state index contributed by atoms with van der Waals surface area (Å²) >= 11 is 6.08. The number of carbonyl (C=O) groups excluding carboxylic acids is 1. The number of pyridine rings is 1. The van der Waals surface area contributed by atoms with Crippen LogP contribution in [-0.4, -0.2) is 53.2 Å². The molecule has 0 bridgehead atoms. The number of aryl methyl sites for hydroxylation is 1. The Morgan fingerprint density at radius 3 is 2.54 bits per heavy atom. The Balaban J connectivity index is 1.59. The van der Waals surface area contributed by atoms with Crippen LogP contribution in [0.3, 0.4) is 0 Å². The van der Waals surface area contributed by atoms with E-state index in [9.17, 15) is 9.59 Å². The lowest BCUT2D eigenvalue weighted by Crippen LogP contribution is -2.50. The first-order valence-electron chi connectivity index (χ1n) is 8.21. The molecule has 1 fully saturated rings. The highest BCUT2D eigenvalue weighted by molar-refractivity contribution is 6.31. The van der Waals surface area contributed by atoms with Gasteiger partial charge in [-0.15, -0.1) is 0 Å². The van der Waals surface area contributed by atoms with Crippen LogP contribution in [0.1, 0.15) is 16.1 Å². The number of hydrogen-bond donors (Lipinski definition) is 2. The lowest BCUT2D eigenvalue weighted by Gasteiger charge is -2.35. The van der Waals surface area contributed by atoms with Crippen LogP contribution >= 0.6 is 11.6 Å². The molecule has 0 saturated carbocycles. The molecule has 1 saturated heterocycles. The number of anilines is 2. The van der Waals surface area contributed by atoms with Crippen LogP contribution in [0.25, 0.3) is 0 Å². The number of hydrogen-bond acceptors (Lipinski definition) is 4. The van der Waals surface area contributed by atoms with Gasteiger partial charge in [0.05, 0.1) is 0 Å². The van der Waals surface area contributed by atoms with Gasteiger partial charge in [0, 0.05) is 36.9 Å². The minimum absolute atomic E-state index is 0.0129. The second-order valence-corrected chi connectivity index (χ2v) is 6.46. The quantitative estimate of drug-likeness (QED) is 0.862. The van der Waals surface area contributed by atoms with Crippen LogP contribution in [0, 0.1) is 6.92 Å². The van der Waals surface area contributed by atoms with Crippen molar-refractivity contribution in [2.24, 2.45) is 0 Å². The molecule has 1 aliphatic rings. The van der Waals surface area contributed by atoms with Gasteiger partial charge in [-0.3, -0.25) is 0 Å². The first-order valence-corrected chi connectivity index (χ1v) is 8.59. The van der Waals surface area contributed by atoms with Crippen molar-refractivity contribution in [2.45, 2.75) is 6.92 Å². The lowest BCUT2D eigenvalue weighted by molar-refractivity contribution is 0.0690. The van der Waals surface area contributed by atoms with Crippen molar-refractivity contribution in [1.82, 2.24) is 9.88 Å². The smallest absolute Gasteiger partial charge is 0.354 e. The number of nitrogens with zero attached hydrogens (tertiary/aromatic N) is 3. The number of amides is 2. The molecule has 2 N–H and O–H groups in total. The average Bonchev–Trinajstić information content (AvgIpc) is 2.65. The molecule has 0 radical (unpaired) electrons. The van der Waals surface area contributed by atoms with E-state index in [1.807, 2.05) is 24.0 Å². The number of aromatic nitrogens is 1. The third kappa shape index (κ3) is 4.05. The summed E-state index contributed by atoms with van der Waals surface area (Å²) in [6.45, 7) is 4.10. The number of benzene rings is 1. The Labute approximate surface area is 156 Å². The second kappa shape index (κ2) is 7.61. The van der Waals surface area contributed by atoms with Crippen molar-refractivity contribution in [2.75, 3.05) is 36.4 Å². The summed E-state index contributed by atoms with van der Waals surface area (Å²) in [7, 11) is 0. The molecule has 136 valence electrons. The van der Waals surface area contributed by atoms with Crippen LogP contribution < -0.4 is 10.2 Å². The van der Waals surface area contributed by atoms with Gasteiger partial charge < -0.3 is 20.2 Å². The predicted molar refractivity (Wildman–Crippen MR) is 100 cm³/mol. The van der Waals surface area contributed by atoms with Gasteiger partial charge in [0.1, 0.15) is 5.82 Å². The van der Waals surface area contributed by atoms with Crippen molar-refractivity contribution >= 4 is 35.1 Å². The van der Waals surface area contributed by atoms with Gasteiger partial charge in [-0.1, -0.05) is 23.7 Å². The van der Waals surface area contributed by atoms with E-state index < -0.39 is 5.97 Å². The molecule has 2 amide bonds. The number of aromatic carboxylic acids is 1. The summed E-state index contributed by atoms with van der Waals surface area (Å²) in [5.41, 5.74) is 1.62. The maximum Gasteiger partial charge on any atom is 0.354 e. The second-order valence-electron chi connectivity index (χ2n) is 6.05. The summed E-state index contributed by atoms with van der Waals surface area (Å²) < 4.78 is 0. The fourth-order valence-electron chi connectivity index (χ4n) is 2.73. The van der Waals surface area contributed by atoms with E-state index in [1.165, 1.54) is 6.07 Å². The van der Waals surface area contributed by atoms with Crippen LogP contribution in [0.15, 0.2) is 36.4 Å². The third-order valence-electron chi connectivity index (χ3n) is 4.27. The number of urea groups is 1. The fourth-order valence-corrected chi connectivity index (χ4v) is 2.91. The van der Waals surface area contributed by atoms with Crippen molar-refractivity contribution in [3.8, 4) is 0 Å². The molecule has 0 atom stereocenters. The molecule has 0 spiro atoms. The monoisotopic (exact) mass is 374 g/mol. The molecule has 2 heterocycles. The van der Waals surface area contributed by atoms with Crippen molar-refractivity contribution in [1.29, 1.82) is 0 Å². The summed E-state index contributed by atoms with van der Waals surface area (Å²) in [6, 6.07) is 10.1. The number of nitrogens with one attached hydrogen (secondary N) is 1. The lowest BCUT2D eigenvalue weighted by atomic mass is 10.2. The Morgan fingerprint density at radius 2 is 1.88 bits per heavy atom. The molecule has 3 rings (SSSR count). The third-order valence-corrected chi connectivity index (χ3v) is 4.67. The molecular weight excluding hydrogens is 356 g/mol. The zero-order chi connectivity index (χ0) is 18.7. The Morgan fingerprint density at radius 1 is 1.15 bits per heavy atom. The number of rotatable bonds is 3. The molecule has 1 aromatic carbocycles. The van der Waals surface area contributed by atoms with Gasteiger partial charge in [0.2, 0.25) is 0 Å². The SMILES string of the molecule is Cc1ccc(NC(=O)N2CCN(c3cccc(C(=O)O)n3)CC2)cc1Cl.